The van der Waals surface area contributed by atoms with E-state index in [-0.39, 0.29) is 0 Å². The average molecular weight is 668 g/mol. The first-order chi connectivity index (χ1) is 25.7. The van der Waals surface area contributed by atoms with Crippen LogP contribution in [0.3, 0.4) is 0 Å². The van der Waals surface area contributed by atoms with Crippen molar-refractivity contribution in [3.05, 3.63) is 176 Å². The highest BCUT2D eigenvalue weighted by Gasteiger charge is 2.17. The van der Waals surface area contributed by atoms with E-state index in [0.717, 1.165) is 77.9 Å². The lowest BCUT2D eigenvalue weighted by atomic mass is 10.0. The number of para-hydroxylation sites is 4. The van der Waals surface area contributed by atoms with Crippen LogP contribution in [0, 0.1) is 0 Å². The molecule has 0 aliphatic heterocycles. The van der Waals surface area contributed by atoms with E-state index in [1.807, 2.05) is 72.8 Å². The Morgan fingerprint density at radius 2 is 0.885 bits per heavy atom. The smallest absolute Gasteiger partial charge is 0.164 e. The summed E-state index contributed by atoms with van der Waals surface area (Å²) in [5, 5.41) is 2.22. The van der Waals surface area contributed by atoms with E-state index in [1.54, 1.807) is 0 Å². The summed E-state index contributed by atoms with van der Waals surface area (Å²) in [6.07, 6.45) is 0. The Balaban J connectivity index is 1.03. The summed E-state index contributed by atoms with van der Waals surface area (Å²) in [5.74, 6) is 2.72. The minimum Gasteiger partial charge on any atom is -0.456 e. The summed E-state index contributed by atoms with van der Waals surface area (Å²) < 4.78 is 8.26. The third kappa shape index (κ3) is 5.22. The van der Waals surface area contributed by atoms with Crippen molar-refractivity contribution in [2.45, 2.75) is 0 Å². The number of rotatable bonds is 6. The molecule has 0 aliphatic carbocycles. The van der Waals surface area contributed by atoms with Crippen LogP contribution in [0.15, 0.2) is 180 Å². The van der Waals surface area contributed by atoms with Gasteiger partial charge in [0.2, 0.25) is 0 Å². The lowest BCUT2D eigenvalue weighted by Gasteiger charge is -2.11. The molecule has 6 nitrogen and oxygen atoms in total. The zero-order valence-electron chi connectivity index (χ0n) is 27.9. The molecule has 0 saturated carbocycles. The fourth-order valence-corrected chi connectivity index (χ4v) is 6.89. The number of furan rings is 1. The van der Waals surface area contributed by atoms with Crippen LogP contribution >= 0.6 is 0 Å². The normalized spacial score (nSPS) is 11.5. The summed E-state index contributed by atoms with van der Waals surface area (Å²) in [7, 11) is 0. The van der Waals surface area contributed by atoms with Gasteiger partial charge in [0.15, 0.2) is 17.5 Å². The van der Waals surface area contributed by atoms with Crippen LogP contribution in [0.2, 0.25) is 0 Å². The van der Waals surface area contributed by atoms with Crippen LogP contribution in [-0.2, 0) is 0 Å². The molecule has 0 spiro atoms. The molecular weight excluding hydrogens is 639 g/mol. The number of imidazole rings is 1. The van der Waals surface area contributed by atoms with Gasteiger partial charge in [-0.3, -0.25) is 4.57 Å². The maximum absolute atomic E-state index is 6.05. The van der Waals surface area contributed by atoms with Gasteiger partial charge in [0, 0.05) is 38.7 Å². The molecule has 6 heteroatoms. The predicted molar refractivity (Wildman–Crippen MR) is 209 cm³/mol. The quantitative estimate of drug-likeness (QED) is 0.176. The molecule has 0 amide bonds. The topological polar surface area (TPSA) is 69.6 Å². The second-order valence-corrected chi connectivity index (χ2v) is 12.7. The average Bonchev–Trinajstić information content (AvgIpc) is 3.80. The van der Waals surface area contributed by atoms with Gasteiger partial charge < -0.3 is 4.42 Å². The van der Waals surface area contributed by atoms with Crippen LogP contribution in [0.25, 0.3) is 95.3 Å². The van der Waals surface area contributed by atoms with Gasteiger partial charge in [-0.2, -0.15) is 0 Å². The van der Waals surface area contributed by atoms with Crippen LogP contribution in [0.1, 0.15) is 0 Å². The highest BCUT2D eigenvalue weighted by Crippen LogP contribution is 2.34. The van der Waals surface area contributed by atoms with Crippen molar-refractivity contribution in [2.24, 2.45) is 0 Å². The Hall–Kier alpha value is -7.18. The monoisotopic (exact) mass is 667 g/mol. The van der Waals surface area contributed by atoms with Crippen LogP contribution in [-0.4, -0.2) is 24.5 Å². The zero-order chi connectivity index (χ0) is 34.4. The summed E-state index contributed by atoms with van der Waals surface area (Å²) in [4.78, 5) is 20.0. The maximum Gasteiger partial charge on any atom is 0.164 e. The van der Waals surface area contributed by atoms with Crippen LogP contribution < -0.4 is 0 Å². The van der Waals surface area contributed by atoms with Gasteiger partial charge in [0.05, 0.1) is 11.0 Å². The van der Waals surface area contributed by atoms with Crippen molar-refractivity contribution < 1.29 is 4.42 Å². The van der Waals surface area contributed by atoms with Crippen LogP contribution in [0.4, 0.5) is 0 Å². The van der Waals surface area contributed by atoms with E-state index in [2.05, 4.69) is 108 Å². The fourth-order valence-electron chi connectivity index (χ4n) is 6.89. The van der Waals surface area contributed by atoms with E-state index >= 15 is 0 Å². The van der Waals surface area contributed by atoms with Gasteiger partial charge >= 0.3 is 0 Å². The molecule has 3 aromatic heterocycles. The summed E-state index contributed by atoms with van der Waals surface area (Å²) in [6.45, 7) is 0. The van der Waals surface area contributed by atoms with Crippen molar-refractivity contribution in [3.63, 3.8) is 0 Å². The van der Waals surface area contributed by atoms with E-state index in [0.29, 0.717) is 17.5 Å². The lowest BCUT2D eigenvalue weighted by molar-refractivity contribution is 0.669. The van der Waals surface area contributed by atoms with E-state index in [1.165, 1.54) is 0 Å². The molecule has 244 valence electrons. The number of benzene rings is 7. The number of fused-ring (bicyclic) bond motifs is 4. The lowest BCUT2D eigenvalue weighted by Crippen LogP contribution is -2.00. The summed E-state index contributed by atoms with van der Waals surface area (Å²) in [5.41, 5.74) is 10.8. The predicted octanol–water partition coefficient (Wildman–Crippen LogP) is 11.4. The zero-order valence-corrected chi connectivity index (χ0v) is 27.9. The van der Waals surface area contributed by atoms with Crippen LogP contribution in [0.5, 0.6) is 0 Å². The second-order valence-electron chi connectivity index (χ2n) is 12.7. The van der Waals surface area contributed by atoms with Gasteiger partial charge in [-0.15, -0.1) is 0 Å². The first-order valence-corrected chi connectivity index (χ1v) is 17.2. The molecule has 0 bridgehead atoms. The first kappa shape index (κ1) is 29.7. The number of nitrogens with zero attached hydrogens (tertiary/aromatic N) is 5. The maximum atomic E-state index is 6.05. The summed E-state index contributed by atoms with van der Waals surface area (Å²) in [6, 6.07) is 59.9. The molecule has 3 heterocycles. The Morgan fingerprint density at radius 3 is 1.60 bits per heavy atom. The Labute approximate surface area is 299 Å². The summed E-state index contributed by atoms with van der Waals surface area (Å²) >= 11 is 0. The largest absolute Gasteiger partial charge is 0.456 e. The SMILES string of the molecule is c1ccc(-c2nc(-c3ccc(-c4ccc5oc6ccccc6c5c4)cc3)nc(-c3ccc(-c4nc5ccccc5n4-c4ccccc4)cc3)n2)cc1. The molecule has 52 heavy (non-hydrogen) atoms. The van der Waals surface area contributed by atoms with Gasteiger partial charge in [-0.25, -0.2) is 19.9 Å². The molecular formula is C46H29N5O. The molecule has 0 fully saturated rings. The Morgan fingerprint density at radius 1 is 0.365 bits per heavy atom. The third-order valence-electron chi connectivity index (χ3n) is 9.50. The molecule has 0 N–H and O–H groups in total. The van der Waals surface area contributed by atoms with Crippen molar-refractivity contribution in [2.75, 3.05) is 0 Å². The van der Waals surface area contributed by atoms with Crippen molar-refractivity contribution in [1.82, 2.24) is 24.5 Å². The third-order valence-corrected chi connectivity index (χ3v) is 9.50. The van der Waals surface area contributed by atoms with Gasteiger partial charge in [-0.05, 0) is 53.6 Å². The number of hydrogen-bond acceptors (Lipinski definition) is 5. The molecule has 0 saturated heterocycles. The molecule has 0 atom stereocenters. The second kappa shape index (κ2) is 12.3. The molecule has 7 aromatic carbocycles. The van der Waals surface area contributed by atoms with E-state index in [4.69, 9.17) is 24.4 Å². The minimum atomic E-state index is 0.605. The fraction of sp³-hybridized carbons (Fsp3) is 0. The molecule has 0 radical (unpaired) electrons. The van der Waals surface area contributed by atoms with Gasteiger partial charge in [-0.1, -0.05) is 133 Å². The molecule has 10 rings (SSSR count). The number of hydrogen-bond donors (Lipinski definition) is 0. The standard InChI is InChI=1S/C46H29N5O/c1-3-11-31(12-4-1)43-48-44(32-21-19-30(20-22-32)35-27-28-42-38(29-35)37-15-7-10-18-41(37)52-42)50-45(49-43)33-23-25-34(26-24-33)46-47-39-16-8-9-17-40(39)51(46)36-13-5-2-6-14-36/h1-29H. The first-order valence-electron chi connectivity index (χ1n) is 17.2. The van der Waals surface area contributed by atoms with E-state index < -0.39 is 0 Å². The molecule has 10 aromatic rings. The minimum absolute atomic E-state index is 0.605. The van der Waals surface area contributed by atoms with Gasteiger partial charge in [0.1, 0.15) is 17.0 Å². The highest BCUT2D eigenvalue weighted by atomic mass is 16.3. The molecule has 0 unspecified atom stereocenters. The number of aromatic nitrogens is 5. The van der Waals surface area contributed by atoms with E-state index in [9.17, 15) is 0 Å². The Kier molecular flexibility index (Phi) is 7.03. The van der Waals surface area contributed by atoms with Crippen molar-refractivity contribution >= 4 is 33.0 Å². The van der Waals surface area contributed by atoms with Gasteiger partial charge in [0.25, 0.3) is 0 Å². The Bertz CT molecular complexity index is 2880. The van der Waals surface area contributed by atoms with Crippen molar-refractivity contribution in [1.29, 1.82) is 0 Å². The highest BCUT2D eigenvalue weighted by molar-refractivity contribution is 6.06. The van der Waals surface area contributed by atoms with Crippen molar-refractivity contribution in [3.8, 4) is 62.4 Å². The molecule has 0 aliphatic rings.